The molecule has 0 radical (unpaired) electrons. The number of hydrogen-bond acceptors (Lipinski definition) is 5. The predicted octanol–water partition coefficient (Wildman–Crippen LogP) is 2.72. The van der Waals surface area contributed by atoms with E-state index in [-0.39, 0.29) is 17.2 Å². The van der Waals surface area contributed by atoms with E-state index >= 15 is 0 Å². The van der Waals surface area contributed by atoms with Gasteiger partial charge in [-0.2, -0.15) is 0 Å². The van der Waals surface area contributed by atoms with Gasteiger partial charge in [-0.15, -0.1) is 0 Å². The maximum absolute atomic E-state index is 12.0. The molecule has 6 nitrogen and oxygen atoms in total. The van der Waals surface area contributed by atoms with Crippen LogP contribution in [0.3, 0.4) is 0 Å². The van der Waals surface area contributed by atoms with E-state index in [0.717, 1.165) is 25.9 Å². The van der Waals surface area contributed by atoms with Gasteiger partial charge >= 0.3 is 5.97 Å². The first-order chi connectivity index (χ1) is 10.6. The van der Waals surface area contributed by atoms with Crippen LogP contribution >= 0.6 is 0 Å². The lowest BCUT2D eigenvalue weighted by molar-refractivity contribution is -0.385. The van der Waals surface area contributed by atoms with Gasteiger partial charge in [-0.05, 0) is 31.4 Å². The summed E-state index contributed by atoms with van der Waals surface area (Å²) >= 11 is 0. The third-order valence-electron chi connectivity index (χ3n) is 4.25. The number of nitro benzene ring substituents is 1. The van der Waals surface area contributed by atoms with Crippen LogP contribution in [0.4, 0.5) is 5.69 Å². The van der Waals surface area contributed by atoms with Gasteiger partial charge in [0.1, 0.15) is 5.60 Å². The van der Waals surface area contributed by atoms with Crippen molar-refractivity contribution in [2.24, 2.45) is 5.92 Å². The molecule has 1 aromatic rings. The lowest BCUT2D eigenvalue weighted by Crippen LogP contribution is -2.28. The first-order valence-electron chi connectivity index (χ1n) is 7.33. The number of carbonyl (C=O) groups is 1. The highest BCUT2D eigenvalue weighted by Gasteiger charge is 2.53. The molecule has 1 saturated carbocycles. The average Bonchev–Trinajstić information content (AvgIpc) is 3.07. The first-order valence-corrected chi connectivity index (χ1v) is 7.33. The van der Waals surface area contributed by atoms with Crippen molar-refractivity contribution in [2.45, 2.75) is 24.9 Å². The minimum absolute atomic E-state index is 0.0307. The van der Waals surface area contributed by atoms with Crippen LogP contribution in [0.2, 0.25) is 0 Å². The van der Waals surface area contributed by atoms with Gasteiger partial charge < -0.3 is 9.47 Å². The van der Waals surface area contributed by atoms with E-state index in [1.807, 2.05) is 0 Å². The molecular weight excluding hydrogens is 286 g/mol. The average molecular weight is 303 g/mol. The van der Waals surface area contributed by atoms with Gasteiger partial charge in [-0.3, -0.25) is 10.1 Å². The van der Waals surface area contributed by atoms with Crippen molar-refractivity contribution in [3.63, 3.8) is 0 Å². The smallest absolute Gasteiger partial charge is 0.331 e. The second kappa shape index (κ2) is 5.88. The van der Waals surface area contributed by atoms with Crippen LogP contribution in [-0.2, 0) is 14.3 Å². The number of ether oxygens (including phenoxy) is 2. The molecule has 0 N–H and O–H groups in total. The Labute approximate surface area is 127 Å². The SMILES string of the molecule is O=C(C=Cc1ccccc1[N+](=O)[O-])OC1(C2CCOC2)CC1. The molecule has 1 saturated heterocycles. The van der Waals surface area contributed by atoms with Crippen molar-refractivity contribution < 1.29 is 19.2 Å². The standard InChI is InChI=1S/C16H17NO5/c18-15(22-16(8-9-16)13-7-10-21-11-13)6-5-12-3-1-2-4-14(12)17(19)20/h1-6,13H,7-11H2. The molecular formula is C16H17NO5. The molecule has 22 heavy (non-hydrogen) atoms. The lowest BCUT2D eigenvalue weighted by atomic mass is 9.99. The number of rotatable bonds is 5. The number of carbonyl (C=O) groups excluding carboxylic acids is 1. The summed E-state index contributed by atoms with van der Waals surface area (Å²) < 4.78 is 10.9. The first kappa shape index (κ1) is 14.7. The second-order valence-electron chi connectivity index (χ2n) is 5.70. The minimum atomic E-state index is -0.469. The Hall–Kier alpha value is -2.21. The Balaban J connectivity index is 1.66. The quantitative estimate of drug-likeness (QED) is 0.362. The van der Waals surface area contributed by atoms with E-state index in [0.29, 0.717) is 12.2 Å². The van der Waals surface area contributed by atoms with Gasteiger partial charge in [0.25, 0.3) is 5.69 Å². The molecule has 1 heterocycles. The number of nitrogens with zero attached hydrogens (tertiary/aromatic N) is 1. The molecule has 1 unspecified atom stereocenters. The molecule has 0 spiro atoms. The maximum Gasteiger partial charge on any atom is 0.331 e. The molecule has 1 aliphatic carbocycles. The molecule has 116 valence electrons. The largest absolute Gasteiger partial charge is 0.456 e. The zero-order valence-corrected chi connectivity index (χ0v) is 12.1. The zero-order valence-electron chi connectivity index (χ0n) is 12.1. The van der Waals surface area contributed by atoms with Crippen LogP contribution in [0.25, 0.3) is 6.08 Å². The van der Waals surface area contributed by atoms with E-state index in [2.05, 4.69) is 0 Å². The minimum Gasteiger partial charge on any atom is -0.456 e. The Morgan fingerprint density at radius 2 is 2.18 bits per heavy atom. The fourth-order valence-electron chi connectivity index (χ4n) is 2.85. The number of nitro groups is 1. The maximum atomic E-state index is 12.0. The van der Waals surface area contributed by atoms with Crippen LogP contribution in [0.5, 0.6) is 0 Å². The van der Waals surface area contributed by atoms with Crippen molar-refractivity contribution in [1.29, 1.82) is 0 Å². The van der Waals surface area contributed by atoms with E-state index in [1.165, 1.54) is 18.2 Å². The predicted molar refractivity (Wildman–Crippen MR) is 79.1 cm³/mol. The normalized spacial score (nSPS) is 22.6. The Morgan fingerprint density at radius 3 is 2.82 bits per heavy atom. The van der Waals surface area contributed by atoms with E-state index in [1.54, 1.807) is 18.2 Å². The second-order valence-corrected chi connectivity index (χ2v) is 5.70. The highest BCUT2D eigenvalue weighted by molar-refractivity contribution is 5.88. The van der Waals surface area contributed by atoms with Crippen LogP contribution < -0.4 is 0 Å². The fourth-order valence-corrected chi connectivity index (χ4v) is 2.85. The molecule has 2 aliphatic rings. The third kappa shape index (κ3) is 3.01. The van der Waals surface area contributed by atoms with Gasteiger partial charge in [0.15, 0.2) is 0 Å². The van der Waals surface area contributed by atoms with E-state index in [4.69, 9.17) is 9.47 Å². The van der Waals surface area contributed by atoms with Crippen LogP contribution in [-0.4, -0.2) is 29.7 Å². The molecule has 2 fully saturated rings. The highest BCUT2D eigenvalue weighted by Crippen LogP contribution is 2.49. The summed E-state index contributed by atoms with van der Waals surface area (Å²) in [5, 5.41) is 10.9. The lowest BCUT2D eigenvalue weighted by Gasteiger charge is -2.21. The Bertz CT molecular complexity index is 615. The van der Waals surface area contributed by atoms with Gasteiger partial charge in [0.05, 0.1) is 17.1 Å². The van der Waals surface area contributed by atoms with Gasteiger partial charge in [0.2, 0.25) is 0 Å². The van der Waals surface area contributed by atoms with Gasteiger partial charge in [0, 0.05) is 24.7 Å². The molecule has 6 heteroatoms. The molecule has 1 aliphatic heterocycles. The molecule has 1 atom stereocenters. The molecule has 1 aromatic carbocycles. The molecule has 3 rings (SSSR count). The summed E-state index contributed by atoms with van der Waals surface area (Å²) in [6.07, 6.45) is 5.35. The molecule has 0 aromatic heterocycles. The number of esters is 1. The summed E-state index contributed by atoms with van der Waals surface area (Å²) in [7, 11) is 0. The summed E-state index contributed by atoms with van der Waals surface area (Å²) in [5.41, 5.74) is -0.0176. The number of benzene rings is 1. The van der Waals surface area contributed by atoms with E-state index in [9.17, 15) is 14.9 Å². The third-order valence-corrected chi connectivity index (χ3v) is 4.25. The molecule has 0 amide bonds. The fraction of sp³-hybridized carbons (Fsp3) is 0.438. The van der Waals surface area contributed by atoms with Crippen molar-refractivity contribution in [3.8, 4) is 0 Å². The topological polar surface area (TPSA) is 78.7 Å². The van der Waals surface area contributed by atoms with Crippen LogP contribution in [0.15, 0.2) is 30.3 Å². The molecule has 0 bridgehead atoms. The Morgan fingerprint density at radius 1 is 1.41 bits per heavy atom. The zero-order chi connectivity index (χ0) is 15.6. The van der Waals surface area contributed by atoms with Crippen molar-refractivity contribution in [2.75, 3.05) is 13.2 Å². The van der Waals surface area contributed by atoms with E-state index < -0.39 is 10.9 Å². The summed E-state index contributed by atoms with van der Waals surface area (Å²) in [6.45, 7) is 1.36. The van der Waals surface area contributed by atoms with Crippen LogP contribution in [0.1, 0.15) is 24.8 Å². The monoisotopic (exact) mass is 303 g/mol. The van der Waals surface area contributed by atoms with Crippen molar-refractivity contribution in [3.05, 3.63) is 46.0 Å². The van der Waals surface area contributed by atoms with Crippen molar-refractivity contribution in [1.82, 2.24) is 0 Å². The number of hydrogen-bond donors (Lipinski definition) is 0. The summed E-state index contributed by atoms with van der Waals surface area (Å²) in [4.78, 5) is 22.4. The van der Waals surface area contributed by atoms with Gasteiger partial charge in [-0.25, -0.2) is 4.79 Å². The highest BCUT2D eigenvalue weighted by atomic mass is 16.6. The summed E-state index contributed by atoms with van der Waals surface area (Å²) in [6, 6.07) is 6.28. The van der Waals surface area contributed by atoms with Crippen LogP contribution in [0, 0.1) is 16.0 Å². The van der Waals surface area contributed by atoms with Crippen molar-refractivity contribution >= 4 is 17.7 Å². The number of para-hydroxylation sites is 1. The van der Waals surface area contributed by atoms with Gasteiger partial charge in [-0.1, -0.05) is 12.1 Å². The summed E-state index contributed by atoms with van der Waals surface area (Å²) in [5.74, 6) is -0.182. The Kier molecular flexibility index (Phi) is 3.94.